The highest BCUT2D eigenvalue weighted by molar-refractivity contribution is 9.10. The Bertz CT molecular complexity index is 860. The van der Waals surface area contributed by atoms with Crippen LogP contribution in [0.2, 0.25) is 0 Å². The monoisotopic (exact) mass is 552 g/mol. The van der Waals surface area contributed by atoms with Crippen LogP contribution in [0.25, 0.3) is 0 Å². The first-order chi connectivity index (χ1) is 14.8. The minimum atomic E-state index is -1.32. The first kappa shape index (κ1) is 24.9. The lowest BCUT2D eigenvalue weighted by Gasteiger charge is -2.20. The van der Waals surface area contributed by atoms with Gasteiger partial charge in [-0.05, 0) is 44.5 Å². The Morgan fingerprint density at radius 2 is 1.00 bits per heavy atom. The minimum absolute atomic E-state index is 0.0632. The van der Waals surface area contributed by atoms with Gasteiger partial charge in [0.25, 0.3) is 0 Å². The fraction of sp³-hybridized carbons (Fsp3) is 0.304. The summed E-state index contributed by atoms with van der Waals surface area (Å²) < 4.78 is 11.7. The van der Waals surface area contributed by atoms with Gasteiger partial charge in [0.05, 0.1) is 13.2 Å². The molecule has 0 aliphatic rings. The zero-order valence-corrected chi connectivity index (χ0v) is 20.3. The molecule has 0 aromatic heterocycles. The lowest BCUT2D eigenvalue weighted by Crippen LogP contribution is -2.35. The van der Waals surface area contributed by atoms with E-state index in [0.29, 0.717) is 0 Å². The number of ketones is 2. The maximum Gasteiger partial charge on any atom is 0.316 e. The number of carbonyl (C=O) groups is 4. The van der Waals surface area contributed by atoms with Crippen LogP contribution in [0.15, 0.2) is 57.5 Å². The van der Waals surface area contributed by atoms with Gasteiger partial charge in [0, 0.05) is 20.1 Å². The van der Waals surface area contributed by atoms with Gasteiger partial charge < -0.3 is 9.47 Å². The third-order valence-corrected chi connectivity index (χ3v) is 5.56. The largest absolute Gasteiger partial charge is 0.465 e. The highest BCUT2D eigenvalue weighted by Crippen LogP contribution is 2.25. The summed E-state index contributed by atoms with van der Waals surface area (Å²) in [5.41, 5.74) is 0.555. The minimum Gasteiger partial charge on any atom is -0.465 e. The number of carbonyl (C=O) groups excluding carboxylic acids is 4. The average molecular weight is 554 g/mol. The van der Waals surface area contributed by atoms with Crippen molar-refractivity contribution in [2.24, 2.45) is 11.8 Å². The summed E-state index contributed by atoms with van der Waals surface area (Å²) in [7, 11) is 0. The number of hydrogen-bond acceptors (Lipinski definition) is 6. The van der Waals surface area contributed by atoms with Crippen molar-refractivity contribution < 1.29 is 28.7 Å². The molecule has 0 saturated carbocycles. The molecule has 0 N–H and O–H groups in total. The van der Waals surface area contributed by atoms with Gasteiger partial charge in [-0.2, -0.15) is 0 Å². The van der Waals surface area contributed by atoms with E-state index < -0.39 is 35.3 Å². The quantitative estimate of drug-likeness (QED) is 0.233. The molecule has 0 heterocycles. The molecule has 0 fully saturated rings. The molecule has 31 heavy (non-hydrogen) atoms. The third-order valence-electron chi connectivity index (χ3n) is 4.50. The molecule has 2 aromatic rings. The van der Waals surface area contributed by atoms with E-state index in [0.717, 1.165) is 8.95 Å². The first-order valence-corrected chi connectivity index (χ1v) is 11.3. The molecule has 0 aliphatic heterocycles. The molecule has 2 rings (SSSR count). The molecule has 164 valence electrons. The van der Waals surface area contributed by atoms with Gasteiger partial charge in [-0.3, -0.25) is 19.2 Å². The second-order valence-corrected chi connectivity index (χ2v) is 8.42. The summed E-state index contributed by atoms with van der Waals surface area (Å²) in [5.74, 6) is -5.26. The fourth-order valence-electron chi connectivity index (χ4n) is 2.97. The first-order valence-electron chi connectivity index (χ1n) is 9.71. The van der Waals surface area contributed by atoms with Crippen LogP contribution in [-0.4, -0.2) is 36.7 Å². The smallest absolute Gasteiger partial charge is 0.316 e. The van der Waals surface area contributed by atoms with Gasteiger partial charge >= 0.3 is 11.9 Å². The summed E-state index contributed by atoms with van der Waals surface area (Å²) in [4.78, 5) is 51.5. The molecular weight excluding hydrogens is 532 g/mol. The Labute approximate surface area is 197 Å². The van der Waals surface area contributed by atoms with E-state index in [9.17, 15) is 19.2 Å². The fourth-order valence-corrected chi connectivity index (χ4v) is 3.50. The van der Waals surface area contributed by atoms with Crippen molar-refractivity contribution in [1.29, 1.82) is 0 Å². The summed E-state index contributed by atoms with van der Waals surface area (Å²) in [6.45, 7) is 3.37. The van der Waals surface area contributed by atoms with Crippen LogP contribution in [0.3, 0.4) is 0 Å². The van der Waals surface area contributed by atoms with Crippen molar-refractivity contribution in [3.63, 3.8) is 0 Å². The average Bonchev–Trinajstić information content (AvgIpc) is 2.75. The molecule has 0 radical (unpaired) electrons. The van der Waals surface area contributed by atoms with Crippen molar-refractivity contribution in [3.05, 3.63) is 68.6 Å². The molecule has 0 amide bonds. The Morgan fingerprint density at radius 1 is 0.677 bits per heavy atom. The Kier molecular flexibility index (Phi) is 9.58. The van der Waals surface area contributed by atoms with Crippen LogP contribution in [0.1, 0.15) is 41.0 Å². The van der Waals surface area contributed by atoms with Crippen molar-refractivity contribution in [2.75, 3.05) is 13.2 Å². The van der Waals surface area contributed by atoms with Crippen LogP contribution in [0.5, 0.6) is 0 Å². The normalized spacial score (nSPS) is 12.5. The van der Waals surface area contributed by atoms with Crippen molar-refractivity contribution in [3.8, 4) is 0 Å². The predicted molar refractivity (Wildman–Crippen MR) is 122 cm³/mol. The van der Waals surface area contributed by atoms with E-state index in [1.165, 1.54) is 0 Å². The lowest BCUT2D eigenvalue weighted by molar-refractivity contribution is -0.149. The maximum absolute atomic E-state index is 13.1. The number of hydrogen-bond donors (Lipinski definition) is 0. The van der Waals surface area contributed by atoms with Crippen molar-refractivity contribution in [2.45, 2.75) is 20.3 Å². The van der Waals surface area contributed by atoms with Crippen LogP contribution >= 0.6 is 31.9 Å². The van der Waals surface area contributed by atoms with Gasteiger partial charge in [-0.15, -0.1) is 0 Å². The number of Topliss-reactive ketones (excluding diaryl/α,β-unsaturated/α-hetero) is 2. The molecule has 2 atom stereocenters. The van der Waals surface area contributed by atoms with Crippen LogP contribution in [-0.2, 0) is 19.1 Å². The van der Waals surface area contributed by atoms with Crippen LogP contribution < -0.4 is 0 Å². The summed E-state index contributed by atoms with van der Waals surface area (Å²) >= 11 is 6.60. The van der Waals surface area contributed by atoms with Gasteiger partial charge in [0.1, 0.15) is 11.8 Å². The second kappa shape index (κ2) is 11.9. The van der Waals surface area contributed by atoms with Gasteiger partial charge in [-0.1, -0.05) is 56.1 Å². The van der Waals surface area contributed by atoms with E-state index in [1.54, 1.807) is 62.4 Å². The van der Waals surface area contributed by atoms with E-state index in [-0.39, 0.29) is 30.8 Å². The number of benzene rings is 2. The molecule has 0 spiro atoms. The third kappa shape index (κ3) is 6.83. The maximum atomic E-state index is 13.1. The molecule has 0 aliphatic carbocycles. The lowest BCUT2D eigenvalue weighted by atomic mass is 9.84. The highest BCUT2D eigenvalue weighted by Gasteiger charge is 2.38. The van der Waals surface area contributed by atoms with Crippen LogP contribution in [0.4, 0.5) is 0 Å². The zero-order chi connectivity index (χ0) is 23.0. The SMILES string of the molecule is CCOC(=O)C(CC(C(=O)OCC)C(=O)c1ccc(Br)cc1)C(=O)c1ccc(Br)cc1. The molecule has 0 bridgehead atoms. The highest BCUT2D eigenvalue weighted by atomic mass is 79.9. The second-order valence-electron chi connectivity index (χ2n) is 6.59. The molecule has 6 nitrogen and oxygen atoms in total. The molecule has 2 unspecified atom stereocenters. The number of rotatable bonds is 10. The van der Waals surface area contributed by atoms with E-state index in [4.69, 9.17) is 9.47 Å². The van der Waals surface area contributed by atoms with Crippen molar-refractivity contribution in [1.82, 2.24) is 0 Å². The van der Waals surface area contributed by atoms with E-state index >= 15 is 0 Å². The summed E-state index contributed by atoms with van der Waals surface area (Å²) in [5, 5.41) is 0. The van der Waals surface area contributed by atoms with Crippen molar-refractivity contribution >= 4 is 55.4 Å². The Hall–Kier alpha value is -2.32. The van der Waals surface area contributed by atoms with E-state index in [1.807, 2.05) is 0 Å². The number of halogens is 2. The molecule has 2 aromatic carbocycles. The molecule has 0 saturated heterocycles. The zero-order valence-electron chi connectivity index (χ0n) is 17.1. The standard InChI is InChI=1S/C23H22Br2O6/c1-3-30-22(28)18(20(26)14-5-9-16(24)10-6-14)13-19(23(29)31-4-2)21(27)15-7-11-17(25)12-8-15/h5-12,18-19H,3-4,13H2,1-2H3. The van der Waals surface area contributed by atoms with Gasteiger partial charge in [0.2, 0.25) is 0 Å². The Balaban J connectivity index is 2.40. The summed E-state index contributed by atoms with van der Waals surface area (Å²) in [6.07, 6.45) is -0.346. The predicted octanol–water partition coefficient (Wildman–Crippen LogP) is 5.03. The van der Waals surface area contributed by atoms with Crippen LogP contribution in [0, 0.1) is 11.8 Å². The van der Waals surface area contributed by atoms with E-state index in [2.05, 4.69) is 31.9 Å². The Morgan fingerprint density at radius 3 is 1.29 bits per heavy atom. The van der Waals surface area contributed by atoms with Gasteiger partial charge in [0.15, 0.2) is 11.6 Å². The molecular formula is C23H22Br2O6. The topological polar surface area (TPSA) is 86.7 Å². The number of ether oxygens (including phenoxy) is 2. The molecule has 8 heteroatoms. The van der Waals surface area contributed by atoms with Gasteiger partial charge in [-0.25, -0.2) is 0 Å². The summed E-state index contributed by atoms with van der Waals surface area (Å²) in [6, 6.07) is 12.9. The number of esters is 2.